The molecule has 0 spiro atoms. The van der Waals surface area contributed by atoms with Gasteiger partial charge in [0.1, 0.15) is 0 Å². The Morgan fingerprint density at radius 2 is 1.76 bits per heavy atom. The van der Waals surface area contributed by atoms with Crippen LogP contribution in [-0.4, -0.2) is 34.7 Å². The molecule has 5 amide bonds. The lowest BCUT2D eigenvalue weighted by Crippen LogP contribution is -2.50. The first-order chi connectivity index (χ1) is 14.0. The van der Waals surface area contributed by atoms with Crippen molar-refractivity contribution in [3.05, 3.63) is 65.2 Å². The van der Waals surface area contributed by atoms with Gasteiger partial charge in [-0.05, 0) is 41.8 Å². The Bertz CT molecular complexity index is 989. The van der Waals surface area contributed by atoms with Gasteiger partial charge in [-0.2, -0.15) is 0 Å². The Morgan fingerprint density at radius 3 is 2.52 bits per heavy atom. The van der Waals surface area contributed by atoms with Crippen LogP contribution in [0.2, 0.25) is 0 Å². The Labute approximate surface area is 167 Å². The number of nitrogens with one attached hydrogen (secondary N) is 3. The van der Waals surface area contributed by atoms with Crippen molar-refractivity contribution in [2.24, 2.45) is 0 Å². The molecule has 1 atom stereocenters. The van der Waals surface area contributed by atoms with E-state index in [1.807, 2.05) is 17.0 Å². The van der Waals surface area contributed by atoms with E-state index in [4.69, 9.17) is 0 Å². The number of hydrogen-bond donors (Lipinski definition) is 3. The maximum absolute atomic E-state index is 12.4. The van der Waals surface area contributed by atoms with Crippen LogP contribution in [0, 0.1) is 0 Å². The second-order valence-electron chi connectivity index (χ2n) is 7.13. The number of urea groups is 1. The van der Waals surface area contributed by atoms with Crippen LogP contribution in [0.4, 0.5) is 10.5 Å². The van der Waals surface area contributed by atoms with Crippen LogP contribution in [0.1, 0.15) is 34.3 Å². The number of amides is 5. The summed E-state index contributed by atoms with van der Waals surface area (Å²) in [6, 6.07) is 13.1. The summed E-state index contributed by atoms with van der Waals surface area (Å²) in [7, 11) is 0. The molecular weight excluding hydrogens is 372 g/mol. The summed E-state index contributed by atoms with van der Waals surface area (Å²) in [6.07, 6.45) is 0.819. The van der Waals surface area contributed by atoms with Crippen molar-refractivity contribution in [2.75, 3.05) is 5.32 Å². The molecule has 8 nitrogen and oxygen atoms in total. The first-order valence-corrected chi connectivity index (χ1v) is 9.36. The first-order valence-electron chi connectivity index (χ1n) is 9.36. The number of fused-ring (bicyclic) bond motifs is 1. The zero-order valence-electron chi connectivity index (χ0n) is 15.6. The summed E-state index contributed by atoms with van der Waals surface area (Å²) >= 11 is 0. The van der Waals surface area contributed by atoms with Crippen molar-refractivity contribution >= 4 is 29.4 Å². The van der Waals surface area contributed by atoms with E-state index in [2.05, 4.69) is 16.0 Å². The summed E-state index contributed by atoms with van der Waals surface area (Å²) in [5.74, 6) is -1.01. The van der Waals surface area contributed by atoms with Gasteiger partial charge < -0.3 is 5.32 Å². The SMILES string of the molecule is O=C1CCC(N2Cc3ccc(C(=O)NC(=O)Nc4ccccc4)cc3C2)C(=O)N1. The summed E-state index contributed by atoms with van der Waals surface area (Å²) in [5, 5.41) is 7.30. The smallest absolute Gasteiger partial charge is 0.308 e. The largest absolute Gasteiger partial charge is 0.326 e. The molecule has 1 fully saturated rings. The van der Waals surface area contributed by atoms with Gasteiger partial charge in [0.15, 0.2) is 0 Å². The molecule has 148 valence electrons. The Balaban J connectivity index is 1.39. The highest BCUT2D eigenvalue weighted by Gasteiger charge is 2.34. The number of imide groups is 2. The quantitative estimate of drug-likeness (QED) is 0.690. The van der Waals surface area contributed by atoms with Gasteiger partial charge in [0, 0.05) is 30.8 Å². The van der Waals surface area contributed by atoms with Crippen LogP contribution in [-0.2, 0) is 22.7 Å². The van der Waals surface area contributed by atoms with Crippen molar-refractivity contribution in [3.8, 4) is 0 Å². The summed E-state index contributed by atoms with van der Waals surface area (Å²) in [5.41, 5.74) is 2.93. The van der Waals surface area contributed by atoms with Crippen LogP contribution in [0.15, 0.2) is 48.5 Å². The van der Waals surface area contributed by atoms with E-state index < -0.39 is 11.9 Å². The van der Waals surface area contributed by atoms with Gasteiger partial charge >= 0.3 is 6.03 Å². The Morgan fingerprint density at radius 1 is 1.00 bits per heavy atom. The molecule has 29 heavy (non-hydrogen) atoms. The predicted octanol–water partition coefficient (Wildman–Crippen LogP) is 1.77. The van der Waals surface area contributed by atoms with Gasteiger partial charge in [-0.1, -0.05) is 24.3 Å². The molecule has 2 aromatic rings. The third-order valence-corrected chi connectivity index (χ3v) is 5.12. The highest BCUT2D eigenvalue weighted by molar-refractivity contribution is 6.08. The number of anilines is 1. The predicted molar refractivity (Wildman–Crippen MR) is 105 cm³/mol. The summed E-state index contributed by atoms with van der Waals surface area (Å²) in [4.78, 5) is 49.9. The highest BCUT2D eigenvalue weighted by Crippen LogP contribution is 2.28. The summed E-state index contributed by atoms with van der Waals surface area (Å²) in [6.45, 7) is 1.09. The van der Waals surface area contributed by atoms with Crippen LogP contribution < -0.4 is 16.0 Å². The fourth-order valence-corrected chi connectivity index (χ4v) is 3.67. The molecule has 0 radical (unpaired) electrons. The van der Waals surface area contributed by atoms with Crippen LogP contribution in [0.3, 0.4) is 0 Å². The fraction of sp³-hybridized carbons (Fsp3) is 0.238. The average Bonchev–Trinajstić information content (AvgIpc) is 3.11. The lowest BCUT2D eigenvalue weighted by atomic mass is 10.0. The van der Waals surface area contributed by atoms with Crippen molar-refractivity contribution in [1.29, 1.82) is 0 Å². The van der Waals surface area contributed by atoms with E-state index in [9.17, 15) is 19.2 Å². The van der Waals surface area contributed by atoms with Gasteiger partial charge in [0.05, 0.1) is 6.04 Å². The molecule has 2 aliphatic heterocycles. The number of hydrogen-bond acceptors (Lipinski definition) is 5. The second-order valence-corrected chi connectivity index (χ2v) is 7.13. The van der Waals surface area contributed by atoms with E-state index in [0.29, 0.717) is 37.2 Å². The number of benzene rings is 2. The van der Waals surface area contributed by atoms with E-state index in [0.717, 1.165) is 11.1 Å². The molecule has 1 unspecified atom stereocenters. The number of piperidine rings is 1. The fourth-order valence-electron chi connectivity index (χ4n) is 3.67. The second kappa shape index (κ2) is 7.84. The Hall–Kier alpha value is -3.52. The molecule has 0 saturated carbocycles. The van der Waals surface area contributed by atoms with Crippen LogP contribution >= 0.6 is 0 Å². The maximum atomic E-state index is 12.4. The highest BCUT2D eigenvalue weighted by atomic mass is 16.2. The van der Waals surface area contributed by atoms with Gasteiger partial charge in [-0.25, -0.2) is 4.79 Å². The molecule has 2 aliphatic rings. The van der Waals surface area contributed by atoms with Crippen molar-refractivity contribution in [1.82, 2.24) is 15.5 Å². The van der Waals surface area contributed by atoms with Crippen molar-refractivity contribution in [3.63, 3.8) is 0 Å². The number of carbonyl (C=O) groups excluding carboxylic acids is 4. The maximum Gasteiger partial charge on any atom is 0.326 e. The lowest BCUT2D eigenvalue weighted by Gasteiger charge is -2.29. The molecule has 0 bridgehead atoms. The van der Waals surface area contributed by atoms with Crippen molar-refractivity contribution < 1.29 is 19.2 Å². The van der Waals surface area contributed by atoms with Gasteiger partial charge in [-0.15, -0.1) is 0 Å². The minimum absolute atomic E-state index is 0.240. The molecule has 4 rings (SSSR count). The third kappa shape index (κ3) is 4.17. The molecule has 0 aliphatic carbocycles. The number of nitrogens with zero attached hydrogens (tertiary/aromatic N) is 1. The number of para-hydroxylation sites is 1. The molecule has 3 N–H and O–H groups in total. The molecule has 2 aromatic carbocycles. The molecule has 1 saturated heterocycles. The topological polar surface area (TPSA) is 108 Å². The third-order valence-electron chi connectivity index (χ3n) is 5.12. The van der Waals surface area contributed by atoms with E-state index >= 15 is 0 Å². The van der Waals surface area contributed by atoms with Crippen molar-refractivity contribution in [2.45, 2.75) is 32.0 Å². The van der Waals surface area contributed by atoms with Gasteiger partial charge in [0.25, 0.3) is 5.91 Å². The van der Waals surface area contributed by atoms with E-state index in [1.54, 1.807) is 36.4 Å². The number of carbonyl (C=O) groups is 4. The van der Waals surface area contributed by atoms with Gasteiger partial charge in [0.2, 0.25) is 11.8 Å². The normalized spacial score (nSPS) is 18.7. The summed E-state index contributed by atoms with van der Waals surface area (Å²) < 4.78 is 0. The minimum Gasteiger partial charge on any atom is -0.308 e. The molecule has 8 heteroatoms. The van der Waals surface area contributed by atoms with Crippen LogP contribution in [0.25, 0.3) is 0 Å². The zero-order chi connectivity index (χ0) is 20.4. The number of rotatable bonds is 3. The molecule has 2 heterocycles. The monoisotopic (exact) mass is 392 g/mol. The Kier molecular flexibility index (Phi) is 5.09. The molecular formula is C21H20N4O4. The average molecular weight is 392 g/mol. The minimum atomic E-state index is -0.605. The molecule has 0 aromatic heterocycles. The van der Waals surface area contributed by atoms with E-state index in [1.165, 1.54) is 0 Å². The first kappa shape index (κ1) is 18.8. The lowest BCUT2D eigenvalue weighted by molar-refractivity contribution is -0.137. The zero-order valence-corrected chi connectivity index (χ0v) is 15.6. The van der Waals surface area contributed by atoms with E-state index in [-0.39, 0.29) is 17.9 Å². The van der Waals surface area contributed by atoms with Gasteiger partial charge in [-0.3, -0.25) is 29.9 Å². The van der Waals surface area contributed by atoms with Crippen LogP contribution in [0.5, 0.6) is 0 Å². The standard InChI is InChI=1S/C21H20N4O4/c26-18-9-8-17(20(28)23-18)25-11-14-7-6-13(10-15(14)12-25)19(27)24-21(29)22-16-4-2-1-3-5-16/h1-7,10,17H,8-9,11-12H2,(H,23,26,28)(H2,22,24,27,29).